The zero-order chi connectivity index (χ0) is 17.2. The first kappa shape index (κ1) is 16.7. The lowest BCUT2D eigenvalue weighted by Crippen LogP contribution is -2.25. The number of benzene rings is 1. The molecule has 0 bridgehead atoms. The average molecular weight is 354 g/mol. The molecule has 9 heteroatoms. The molecular formula is C15H16F2N4O2S. The smallest absolute Gasteiger partial charge is 0.241 e. The lowest BCUT2D eigenvalue weighted by molar-refractivity contribution is 0.560. The molecule has 1 saturated heterocycles. The number of sulfonamides is 1. The predicted octanol–water partition coefficient (Wildman–Crippen LogP) is 1.83. The molecule has 1 aromatic heterocycles. The van der Waals surface area contributed by atoms with Crippen molar-refractivity contribution in [1.82, 2.24) is 14.7 Å². The molecule has 1 aliphatic rings. The van der Waals surface area contributed by atoms with Gasteiger partial charge in [-0.2, -0.15) is 0 Å². The van der Waals surface area contributed by atoms with Gasteiger partial charge in [0.05, 0.1) is 17.1 Å². The third-order valence-electron chi connectivity index (χ3n) is 3.68. The second-order valence-electron chi connectivity index (χ2n) is 5.47. The van der Waals surface area contributed by atoms with Crippen molar-refractivity contribution < 1.29 is 17.2 Å². The number of hydrogen-bond acceptors (Lipinski definition) is 5. The predicted molar refractivity (Wildman–Crippen MR) is 83.9 cm³/mol. The first-order valence-corrected chi connectivity index (χ1v) is 8.95. The van der Waals surface area contributed by atoms with Crippen LogP contribution in [0.3, 0.4) is 0 Å². The van der Waals surface area contributed by atoms with Crippen LogP contribution in [0.1, 0.15) is 18.5 Å². The molecule has 0 saturated carbocycles. The Morgan fingerprint density at radius 2 is 1.79 bits per heavy atom. The topological polar surface area (TPSA) is 75.2 Å². The van der Waals surface area contributed by atoms with E-state index in [0.29, 0.717) is 17.7 Å². The molecule has 0 spiro atoms. The molecule has 2 aromatic rings. The lowest BCUT2D eigenvalue weighted by Gasteiger charge is -2.15. The molecule has 6 nitrogen and oxygen atoms in total. The standard InChI is InChI=1S/C15H16F2N4O2S/c16-11-7-12(17)9-14(8-11)24(22,23)19-10-13-3-4-18-15(20-13)21-5-1-2-6-21/h3-4,7-9,19H,1-2,5-6,10H2. The van der Waals surface area contributed by atoms with Crippen molar-refractivity contribution in [3.05, 3.63) is 47.8 Å². The van der Waals surface area contributed by atoms with Crippen molar-refractivity contribution in [2.24, 2.45) is 0 Å². The van der Waals surface area contributed by atoms with Crippen molar-refractivity contribution in [2.75, 3.05) is 18.0 Å². The maximum atomic E-state index is 13.2. The van der Waals surface area contributed by atoms with Gasteiger partial charge in [0.2, 0.25) is 16.0 Å². The fraction of sp³-hybridized carbons (Fsp3) is 0.333. The summed E-state index contributed by atoms with van der Waals surface area (Å²) < 4.78 is 53.0. The number of hydrogen-bond donors (Lipinski definition) is 1. The van der Waals surface area contributed by atoms with E-state index in [1.54, 1.807) is 12.3 Å². The maximum absolute atomic E-state index is 13.2. The number of aromatic nitrogens is 2. The molecule has 1 aliphatic heterocycles. The minimum Gasteiger partial charge on any atom is -0.341 e. The molecule has 3 rings (SSSR count). The third-order valence-corrected chi connectivity index (χ3v) is 5.06. The highest BCUT2D eigenvalue weighted by Crippen LogP contribution is 2.16. The van der Waals surface area contributed by atoms with E-state index in [4.69, 9.17) is 0 Å². The van der Waals surface area contributed by atoms with Crippen LogP contribution >= 0.6 is 0 Å². The molecule has 0 atom stereocenters. The number of rotatable bonds is 5. The van der Waals surface area contributed by atoms with Gasteiger partial charge in [0.25, 0.3) is 0 Å². The van der Waals surface area contributed by atoms with Crippen molar-refractivity contribution in [1.29, 1.82) is 0 Å². The zero-order valence-electron chi connectivity index (χ0n) is 12.7. The Kier molecular flexibility index (Phi) is 4.72. The Morgan fingerprint density at radius 1 is 1.12 bits per heavy atom. The maximum Gasteiger partial charge on any atom is 0.241 e. The Hall–Kier alpha value is -2.13. The van der Waals surface area contributed by atoms with E-state index in [1.807, 2.05) is 4.90 Å². The minimum absolute atomic E-state index is 0.0934. The van der Waals surface area contributed by atoms with Crippen LogP contribution in [-0.4, -0.2) is 31.5 Å². The summed E-state index contributed by atoms with van der Waals surface area (Å²) >= 11 is 0. The van der Waals surface area contributed by atoms with E-state index in [0.717, 1.165) is 38.1 Å². The van der Waals surface area contributed by atoms with Gasteiger partial charge in [0.15, 0.2) is 0 Å². The third kappa shape index (κ3) is 3.85. The molecule has 24 heavy (non-hydrogen) atoms. The molecule has 0 radical (unpaired) electrons. The van der Waals surface area contributed by atoms with Gasteiger partial charge < -0.3 is 4.90 Å². The number of halogens is 2. The van der Waals surface area contributed by atoms with Crippen LogP contribution in [0.25, 0.3) is 0 Å². The summed E-state index contributed by atoms with van der Waals surface area (Å²) in [6, 6.07) is 3.74. The fourth-order valence-corrected chi connectivity index (χ4v) is 3.53. The summed E-state index contributed by atoms with van der Waals surface area (Å²) in [7, 11) is -4.04. The van der Waals surface area contributed by atoms with Gasteiger partial charge in [0, 0.05) is 25.4 Å². The monoisotopic (exact) mass is 354 g/mol. The van der Waals surface area contributed by atoms with E-state index in [1.165, 1.54) is 0 Å². The summed E-state index contributed by atoms with van der Waals surface area (Å²) in [6.07, 6.45) is 3.71. The molecule has 0 amide bonds. The lowest BCUT2D eigenvalue weighted by atomic mass is 10.3. The van der Waals surface area contributed by atoms with Gasteiger partial charge in [0.1, 0.15) is 11.6 Å². The van der Waals surface area contributed by atoms with Crippen molar-refractivity contribution in [2.45, 2.75) is 24.3 Å². The van der Waals surface area contributed by atoms with Crippen LogP contribution in [0.5, 0.6) is 0 Å². The van der Waals surface area contributed by atoms with Crippen molar-refractivity contribution in [3.8, 4) is 0 Å². The quantitative estimate of drug-likeness (QED) is 0.887. The van der Waals surface area contributed by atoms with E-state index >= 15 is 0 Å². The van der Waals surface area contributed by atoms with Gasteiger partial charge in [-0.25, -0.2) is 31.9 Å². The average Bonchev–Trinajstić information content (AvgIpc) is 3.07. The first-order valence-electron chi connectivity index (χ1n) is 7.47. The summed E-state index contributed by atoms with van der Waals surface area (Å²) in [4.78, 5) is 10.1. The molecular weight excluding hydrogens is 338 g/mol. The molecule has 1 fully saturated rings. The highest BCUT2D eigenvalue weighted by atomic mass is 32.2. The molecule has 1 N–H and O–H groups in total. The molecule has 0 unspecified atom stereocenters. The molecule has 1 aromatic carbocycles. The minimum atomic E-state index is -4.04. The Morgan fingerprint density at radius 3 is 2.46 bits per heavy atom. The first-order chi connectivity index (χ1) is 11.4. The van der Waals surface area contributed by atoms with Gasteiger partial charge in [-0.05, 0) is 31.0 Å². The van der Waals surface area contributed by atoms with Crippen LogP contribution in [0.2, 0.25) is 0 Å². The number of nitrogens with zero attached hydrogens (tertiary/aromatic N) is 3. The van der Waals surface area contributed by atoms with E-state index < -0.39 is 26.6 Å². The van der Waals surface area contributed by atoms with Crippen LogP contribution < -0.4 is 9.62 Å². The highest BCUT2D eigenvalue weighted by molar-refractivity contribution is 7.89. The van der Waals surface area contributed by atoms with Crippen molar-refractivity contribution >= 4 is 16.0 Å². The van der Waals surface area contributed by atoms with Gasteiger partial charge >= 0.3 is 0 Å². The fourth-order valence-electron chi connectivity index (χ4n) is 2.49. The molecule has 0 aliphatic carbocycles. The zero-order valence-corrected chi connectivity index (χ0v) is 13.6. The second kappa shape index (κ2) is 6.78. The SMILES string of the molecule is O=S(=O)(NCc1ccnc(N2CCCC2)n1)c1cc(F)cc(F)c1. The van der Waals surface area contributed by atoms with Crippen LogP contribution in [0, 0.1) is 11.6 Å². The normalized spacial score (nSPS) is 15.0. The van der Waals surface area contributed by atoms with Crippen LogP contribution in [-0.2, 0) is 16.6 Å². The molecule has 128 valence electrons. The van der Waals surface area contributed by atoms with Crippen LogP contribution in [0.4, 0.5) is 14.7 Å². The van der Waals surface area contributed by atoms with E-state index in [2.05, 4.69) is 14.7 Å². The highest BCUT2D eigenvalue weighted by Gasteiger charge is 2.18. The summed E-state index contributed by atoms with van der Waals surface area (Å²) in [5.74, 6) is -1.34. The van der Waals surface area contributed by atoms with Crippen molar-refractivity contribution in [3.63, 3.8) is 0 Å². The van der Waals surface area contributed by atoms with E-state index in [9.17, 15) is 17.2 Å². The summed E-state index contributed by atoms with van der Waals surface area (Å²) in [5, 5.41) is 0. The Labute approximate surface area is 138 Å². The number of nitrogens with one attached hydrogen (secondary N) is 1. The summed E-state index contributed by atoms with van der Waals surface area (Å²) in [5.41, 5.74) is 0.479. The van der Waals surface area contributed by atoms with E-state index in [-0.39, 0.29) is 6.54 Å². The van der Waals surface area contributed by atoms with Crippen LogP contribution in [0.15, 0.2) is 35.4 Å². The van der Waals surface area contributed by atoms with Gasteiger partial charge in [-0.15, -0.1) is 0 Å². The second-order valence-corrected chi connectivity index (χ2v) is 7.24. The Balaban J connectivity index is 1.73. The Bertz CT molecular complexity index is 819. The largest absolute Gasteiger partial charge is 0.341 e. The summed E-state index contributed by atoms with van der Waals surface area (Å²) in [6.45, 7) is 1.65. The molecule has 2 heterocycles. The number of anilines is 1. The van der Waals surface area contributed by atoms with Gasteiger partial charge in [-0.1, -0.05) is 0 Å². The van der Waals surface area contributed by atoms with Gasteiger partial charge in [-0.3, -0.25) is 0 Å².